The van der Waals surface area contributed by atoms with Gasteiger partial charge in [0.15, 0.2) is 0 Å². The van der Waals surface area contributed by atoms with Gasteiger partial charge in [0.05, 0.1) is 20.5 Å². The number of nitro benzene ring substituents is 1. The number of carbonyl (C=O) groups is 1. The van der Waals surface area contributed by atoms with Gasteiger partial charge in [0.2, 0.25) is 5.78 Å². The third-order valence-electron chi connectivity index (χ3n) is 4.50. The Labute approximate surface area is 179 Å². The minimum absolute atomic E-state index is 0.0153. The van der Waals surface area contributed by atoms with E-state index in [1.807, 2.05) is 18.2 Å². The van der Waals surface area contributed by atoms with Crippen molar-refractivity contribution in [1.82, 2.24) is 0 Å². The van der Waals surface area contributed by atoms with E-state index < -0.39 is 4.92 Å². The second-order valence-corrected chi connectivity index (χ2v) is 8.21. The molecule has 2 N–H and O–H groups in total. The molecule has 4 rings (SSSR count). The molecule has 0 atom stereocenters. The molecule has 0 saturated heterocycles. The lowest BCUT2D eigenvalue weighted by Gasteiger charge is -2.03. The van der Waals surface area contributed by atoms with Crippen molar-refractivity contribution < 1.29 is 9.72 Å². The largest absolute Gasteiger partial charge is 0.397 e. The molecule has 144 valence electrons. The lowest BCUT2D eigenvalue weighted by Crippen LogP contribution is -2.02. The molecule has 0 saturated carbocycles. The molecular formula is C21H12Cl2N2O3S. The number of nitro groups is 1. The van der Waals surface area contributed by atoms with E-state index in [9.17, 15) is 14.9 Å². The van der Waals surface area contributed by atoms with Gasteiger partial charge < -0.3 is 5.73 Å². The third kappa shape index (κ3) is 3.58. The topological polar surface area (TPSA) is 86.2 Å². The van der Waals surface area contributed by atoms with Gasteiger partial charge in [-0.05, 0) is 35.4 Å². The van der Waals surface area contributed by atoms with E-state index >= 15 is 0 Å². The molecule has 0 unspecified atom stereocenters. The number of nitrogen functional groups attached to an aromatic ring is 1. The van der Waals surface area contributed by atoms with Gasteiger partial charge in [-0.25, -0.2) is 0 Å². The van der Waals surface area contributed by atoms with Crippen LogP contribution in [0.2, 0.25) is 10.0 Å². The monoisotopic (exact) mass is 442 g/mol. The summed E-state index contributed by atoms with van der Waals surface area (Å²) in [4.78, 5) is 24.0. The van der Waals surface area contributed by atoms with E-state index in [1.54, 1.807) is 24.3 Å². The number of non-ortho nitro benzene ring substituents is 1. The molecule has 1 aromatic heterocycles. The number of anilines is 1. The predicted octanol–water partition coefficient (Wildman–Crippen LogP) is 6.60. The van der Waals surface area contributed by atoms with Gasteiger partial charge in [-0.15, -0.1) is 11.3 Å². The van der Waals surface area contributed by atoms with Crippen LogP contribution in [0.3, 0.4) is 0 Å². The first kappa shape index (κ1) is 19.4. The van der Waals surface area contributed by atoms with Crippen LogP contribution in [-0.4, -0.2) is 10.7 Å². The van der Waals surface area contributed by atoms with Crippen LogP contribution in [0, 0.1) is 10.1 Å². The second kappa shape index (κ2) is 7.48. The summed E-state index contributed by atoms with van der Waals surface area (Å²) in [5.41, 5.74) is 8.47. The van der Waals surface area contributed by atoms with Crippen LogP contribution in [0.15, 0.2) is 60.7 Å². The summed E-state index contributed by atoms with van der Waals surface area (Å²) >= 11 is 13.3. The van der Waals surface area contributed by atoms with E-state index in [2.05, 4.69) is 0 Å². The van der Waals surface area contributed by atoms with Gasteiger partial charge in [-0.1, -0.05) is 47.5 Å². The second-order valence-electron chi connectivity index (χ2n) is 6.32. The highest BCUT2D eigenvalue weighted by atomic mass is 35.5. The molecule has 0 bridgehead atoms. The number of hydrogen-bond donors (Lipinski definition) is 1. The summed E-state index contributed by atoms with van der Waals surface area (Å²) in [6.45, 7) is 0. The molecule has 4 aromatic rings. The highest BCUT2D eigenvalue weighted by Gasteiger charge is 2.20. The standard InChI is InChI=1S/C21H12Cl2N2O3S/c22-13-5-7-15(17(23)10-13)20(26)21-19(24)16-6-4-12(9-18(16)29-21)11-2-1-3-14(8-11)25(27)28/h1-10H,24H2. The zero-order chi connectivity index (χ0) is 20.7. The average molecular weight is 443 g/mol. The highest BCUT2D eigenvalue weighted by Crippen LogP contribution is 2.38. The summed E-state index contributed by atoms with van der Waals surface area (Å²) < 4.78 is 0.806. The number of rotatable bonds is 4. The molecule has 0 aliphatic heterocycles. The molecule has 0 aliphatic carbocycles. The number of carbonyl (C=O) groups excluding carboxylic acids is 1. The number of thiophene rings is 1. The Morgan fingerprint density at radius 2 is 1.76 bits per heavy atom. The van der Waals surface area contributed by atoms with Crippen LogP contribution >= 0.6 is 34.5 Å². The molecule has 0 radical (unpaired) electrons. The number of nitrogens with two attached hydrogens (primary N) is 1. The summed E-state index contributed by atoms with van der Waals surface area (Å²) in [5.74, 6) is -0.276. The molecule has 0 amide bonds. The molecule has 0 aliphatic rings. The summed E-state index contributed by atoms with van der Waals surface area (Å²) in [6, 6.07) is 16.6. The van der Waals surface area contributed by atoms with Crippen molar-refractivity contribution in [2.45, 2.75) is 0 Å². The van der Waals surface area contributed by atoms with Crippen molar-refractivity contribution in [2.75, 3.05) is 5.73 Å². The minimum Gasteiger partial charge on any atom is -0.397 e. The Hall–Kier alpha value is -2.93. The maximum atomic E-state index is 13.0. The van der Waals surface area contributed by atoms with Crippen molar-refractivity contribution in [3.8, 4) is 11.1 Å². The van der Waals surface area contributed by atoms with Crippen LogP contribution in [0.1, 0.15) is 15.2 Å². The number of hydrogen-bond acceptors (Lipinski definition) is 5. The maximum Gasteiger partial charge on any atom is 0.270 e. The van der Waals surface area contributed by atoms with Gasteiger partial charge in [-0.3, -0.25) is 14.9 Å². The first-order chi connectivity index (χ1) is 13.8. The Kier molecular flexibility index (Phi) is 5.00. The Morgan fingerprint density at radius 3 is 2.48 bits per heavy atom. The smallest absolute Gasteiger partial charge is 0.270 e. The summed E-state index contributed by atoms with van der Waals surface area (Å²) in [7, 11) is 0. The van der Waals surface area contributed by atoms with Crippen LogP contribution in [0.25, 0.3) is 21.2 Å². The van der Waals surface area contributed by atoms with Crippen molar-refractivity contribution in [3.63, 3.8) is 0 Å². The van der Waals surface area contributed by atoms with Gasteiger partial charge in [0.25, 0.3) is 5.69 Å². The molecular weight excluding hydrogens is 431 g/mol. The lowest BCUT2D eigenvalue weighted by molar-refractivity contribution is -0.384. The summed E-state index contributed by atoms with van der Waals surface area (Å²) in [5, 5.41) is 12.5. The lowest BCUT2D eigenvalue weighted by atomic mass is 10.0. The quantitative estimate of drug-likeness (QED) is 0.219. The zero-order valence-corrected chi connectivity index (χ0v) is 17.0. The fraction of sp³-hybridized carbons (Fsp3) is 0. The molecule has 1 heterocycles. The van der Waals surface area contributed by atoms with Crippen LogP contribution in [0.4, 0.5) is 11.4 Å². The van der Waals surface area contributed by atoms with E-state index in [4.69, 9.17) is 28.9 Å². The van der Waals surface area contributed by atoms with Crippen LogP contribution in [0.5, 0.6) is 0 Å². The Bertz CT molecular complexity index is 1300. The third-order valence-corrected chi connectivity index (χ3v) is 6.22. The number of nitrogens with zero attached hydrogens (tertiary/aromatic N) is 1. The molecule has 0 fully saturated rings. The first-order valence-electron chi connectivity index (χ1n) is 8.42. The van der Waals surface area contributed by atoms with Crippen molar-refractivity contribution in [1.29, 1.82) is 0 Å². The molecule has 3 aromatic carbocycles. The maximum absolute atomic E-state index is 13.0. The average Bonchev–Trinajstić information content (AvgIpc) is 3.03. The normalized spacial score (nSPS) is 11.0. The van der Waals surface area contributed by atoms with Crippen molar-refractivity contribution in [3.05, 3.63) is 91.3 Å². The fourth-order valence-corrected chi connectivity index (χ4v) is 4.67. The van der Waals surface area contributed by atoms with Crippen LogP contribution in [-0.2, 0) is 0 Å². The number of ketones is 1. The van der Waals surface area contributed by atoms with Crippen LogP contribution < -0.4 is 5.73 Å². The summed E-state index contributed by atoms with van der Waals surface area (Å²) in [6.07, 6.45) is 0. The Morgan fingerprint density at radius 1 is 1.00 bits per heavy atom. The molecule has 8 heteroatoms. The van der Waals surface area contributed by atoms with E-state index in [1.165, 1.54) is 29.5 Å². The van der Waals surface area contributed by atoms with Gasteiger partial charge >= 0.3 is 0 Å². The van der Waals surface area contributed by atoms with E-state index in [0.717, 1.165) is 15.6 Å². The minimum atomic E-state index is -0.433. The first-order valence-corrected chi connectivity index (χ1v) is 9.99. The van der Waals surface area contributed by atoms with Crippen molar-refractivity contribution in [2.24, 2.45) is 0 Å². The SMILES string of the molecule is Nc1c(C(=O)c2ccc(Cl)cc2Cl)sc2cc(-c3cccc([N+](=O)[O-])c3)ccc12. The van der Waals surface area contributed by atoms with Gasteiger partial charge in [-0.2, -0.15) is 0 Å². The predicted molar refractivity (Wildman–Crippen MR) is 118 cm³/mol. The van der Waals surface area contributed by atoms with E-state index in [0.29, 0.717) is 26.7 Å². The fourth-order valence-electron chi connectivity index (χ4n) is 3.06. The zero-order valence-electron chi connectivity index (χ0n) is 14.7. The van der Waals surface area contributed by atoms with Crippen molar-refractivity contribution >= 4 is 61.8 Å². The molecule has 5 nitrogen and oxygen atoms in total. The van der Waals surface area contributed by atoms with E-state index in [-0.39, 0.29) is 16.5 Å². The highest BCUT2D eigenvalue weighted by molar-refractivity contribution is 7.21. The Balaban J connectivity index is 1.79. The van der Waals surface area contributed by atoms with Gasteiger partial charge in [0.1, 0.15) is 0 Å². The number of fused-ring (bicyclic) bond motifs is 1. The molecule has 0 spiro atoms. The van der Waals surface area contributed by atoms with Gasteiger partial charge in [0, 0.05) is 32.8 Å². The number of benzene rings is 3. The molecule has 29 heavy (non-hydrogen) atoms. The number of halogens is 2.